The predicted molar refractivity (Wildman–Crippen MR) is 117 cm³/mol. The van der Waals surface area contributed by atoms with E-state index in [4.69, 9.17) is 11.6 Å². The number of nitrogens with zero attached hydrogens (tertiary/aromatic N) is 2. The molecule has 1 atom stereocenters. The van der Waals surface area contributed by atoms with Crippen LogP contribution in [0.2, 0.25) is 5.02 Å². The first-order chi connectivity index (χ1) is 14.0. The zero-order valence-electron chi connectivity index (χ0n) is 16.6. The standard InChI is InChI=1S/C23H26ClN3O2/c1-3-18(19-7-5-4-6-8-19)15-22(28)26-11-13-27(14-12-26)23(29)25-20-10-9-17(2)21(24)16-20/h3-10,16,18H,1,11-15H2,2H3,(H,25,29). The molecule has 1 N–H and O–H groups in total. The Hall–Kier alpha value is -2.79. The van der Waals surface area contributed by atoms with E-state index in [1.165, 1.54) is 0 Å². The van der Waals surface area contributed by atoms with Crippen LogP contribution >= 0.6 is 11.6 Å². The third-order valence-electron chi connectivity index (χ3n) is 5.25. The number of rotatable bonds is 5. The zero-order chi connectivity index (χ0) is 20.8. The number of urea groups is 1. The number of anilines is 1. The number of benzene rings is 2. The second kappa shape index (κ2) is 9.61. The highest BCUT2D eigenvalue weighted by molar-refractivity contribution is 6.31. The van der Waals surface area contributed by atoms with E-state index in [2.05, 4.69) is 11.9 Å². The monoisotopic (exact) mass is 411 g/mol. The molecule has 0 aromatic heterocycles. The van der Waals surface area contributed by atoms with Gasteiger partial charge in [-0.25, -0.2) is 4.79 Å². The van der Waals surface area contributed by atoms with Crippen molar-refractivity contribution in [1.82, 2.24) is 9.80 Å². The Morgan fingerprint density at radius 2 is 1.76 bits per heavy atom. The number of carbonyl (C=O) groups excluding carboxylic acids is 2. The molecule has 6 heteroatoms. The molecule has 1 fully saturated rings. The van der Waals surface area contributed by atoms with Crippen LogP contribution in [-0.2, 0) is 4.79 Å². The van der Waals surface area contributed by atoms with Gasteiger partial charge in [-0.1, -0.05) is 54.1 Å². The second-order valence-corrected chi connectivity index (χ2v) is 7.63. The summed E-state index contributed by atoms with van der Waals surface area (Å²) in [4.78, 5) is 28.8. The number of allylic oxidation sites excluding steroid dienone is 1. The lowest BCUT2D eigenvalue weighted by Gasteiger charge is -2.35. The first-order valence-electron chi connectivity index (χ1n) is 9.75. The van der Waals surface area contributed by atoms with Crippen molar-refractivity contribution in [2.24, 2.45) is 0 Å². The van der Waals surface area contributed by atoms with Crippen molar-refractivity contribution in [2.45, 2.75) is 19.3 Å². The smallest absolute Gasteiger partial charge is 0.321 e. The molecule has 0 spiro atoms. The SMILES string of the molecule is C=CC(CC(=O)N1CCN(C(=O)Nc2ccc(C)c(Cl)c2)CC1)c1ccccc1. The van der Waals surface area contributed by atoms with Crippen molar-refractivity contribution in [3.05, 3.63) is 77.3 Å². The van der Waals surface area contributed by atoms with Crippen LogP contribution in [-0.4, -0.2) is 47.9 Å². The first-order valence-corrected chi connectivity index (χ1v) is 10.1. The number of carbonyl (C=O) groups is 2. The van der Waals surface area contributed by atoms with Gasteiger partial charge in [0.05, 0.1) is 0 Å². The molecular weight excluding hydrogens is 386 g/mol. The molecule has 1 aliphatic heterocycles. The number of piperazine rings is 1. The predicted octanol–water partition coefficient (Wildman–Crippen LogP) is 4.68. The van der Waals surface area contributed by atoms with Gasteiger partial charge >= 0.3 is 6.03 Å². The van der Waals surface area contributed by atoms with Crippen LogP contribution in [0.3, 0.4) is 0 Å². The van der Waals surface area contributed by atoms with Crippen LogP contribution in [0.15, 0.2) is 61.2 Å². The Balaban J connectivity index is 1.51. The summed E-state index contributed by atoms with van der Waals surface area (Å²) < 4.78 is 0. The number of hydrogen-bond donors (Lipinski definition) is 1. The Morgan fingerprint density at radius 3 is 2.38 bits per heavy atom. The fraction of sp³-hybridized carbons (Fsp3) is 0.304. The van der Waals surface area contributed by atoms with E-state index in [1.807, 2.05) is 60.4 Å². The number of amides is 3. The molecule has 1 unspecified atom stereocenters. The summed E-state index contributed by atoms with van der Waals surface area (Å²) in [5.74, 6) is 0.0837. The van der Waals surface area contributed by atoms with Gasteiger partial charge < -0.3 is 15.1 Å². The summed E-state index contributed by atoms with van der Waals surface area (Å²) in [5.41, 5.74) is 2.72. The Morgan fingerprint density at radius 1 is 1.10 bits per heavy atom. The second-order valence-electron chi connectivity index (χ2n) is 7.22. The third kappa shape index (κ3) is 5.39. The molecule has 152 valence electrons. The molecule has 5 nitrogen and oxygen atoms in total. The summed E-state index contributed by atoms with van der Waals surface area (Å²) in [6.45, 7) is 7.85. The normalized spacial score (nSPS) is 15.0. The molecular formula is C23H26ClN3O2. The van der Waals surface area contributed by atoms with E-state index in [0.29, 0.717) is 43.3 Å². The van der Waals surface area contributed by atoms with Gasteiger partial charge in [0.1, 0.15) is 0 Å². The van der Waals surface area contributed by atoms with Crippen LogP contribution in [0, 0.1) is 6.92 Å². The third-order valence-corrected chi connectivity index (χ3v) is 5.66. The van der Waals surface area contributed by atoms with Crippen molar-refractivity contribution >= 4 is 29.2 Å². The lowest BCUT2D eigenvalue weighted by molar-refractivity contribution is -0.132. The highest BCUT2D eigenvalue weighted by atomic mass is 35.5. The van der Waals surface area contributed by atoms with Gasteiger partial charge in [0.15, 0.2) is 0 Å². The maximum absolute atomic E-state index is 12.7. The molecule has 2 aromatic carbocycles. The van der Waals surface area contributed by atoms with Gasteiger partial charge in [-0.05, 0) is 30.2 Å². The minimum atomic E-state index is -0.176. The molecule has 0 radical (unpaired) electrons. The average Bonchev–Trinajstić information content (AvgIpc) is 2.75. The highest BCUT2D eigenvalue weighted by Crippen LogP contribution is 2.23. The quantitative estimate of drug-likeness (QED) is 0.726. The van der Waals surface area contributed by atoms with Crippen LogP contribution in [0.1, 0.15) is 23.5 Å². The zero-order valence-corrected chi connectivity index (χ0v) is 17.4. The molecule has 1 aliphatic rings. The van der Waals surface area contributed by atoms with Crippen molar-refractivity contribution in [1.29, 1.82) is 0 Å². The van der Waals surface area contributed by atoms with Gasteiger partial charge in [0.25, 0.3) is 0 Å². The molecule has 0 saturated carbocycles. The fourth-order valence-electron chi connectivity index (χ4n) is 3.39. The van der Waals surface area contributed by atoms with E-state index < -0.39 is 0 Å². The van der Waals surface area contributed by atoms with E-state index >= 15 is 0 Å². The maximum atomic E-state index is 12.7. The number of nitrogens with one attached hydrogen (secondary N) is 1. The Labute approximate surface area is 177 Å². The summed E-state index contributed by atoms with van der Waals surface area (Å²) in [6, 6.07) is 15.2. The summed E-state index contributed by atoms with van der Waals surface area (Å²) in [6.07, 6.45) is 2.21. The first kappa shape index (κ1) is 20.9. The van der Waals surface area contributed by atoms with E-state index in [0.717, 1.165) is 11.1 Å². The maximum Gasteiger partial charge on any atom is 0.321 e. The van der Waals surface area contributed by atoms with Crippen molar-refractivity contribution in [2.75, 3.05) is 31.5 Å². The minimum Gasteiger partial charge on any atom is -0.339 e. The van der Waals surface area contributed by atoms with E-state index in [9.17, 15) is 9.59 Å². The van der Waals surface area contributed by atoms with Crippen molar-refractivity contribution in [3.63, 3.8) is 0 Å². The molecule has 2 aromatic rings. The lowest BCUT2D eigenvalue weighted by atomic mass is 9.95. The number of halogens is 1. The highest BCUT2D eigenvalue weighted by Gasteiger charge is 2.25. The van der Waals surface area contributed by atoms with Crippen LogP contribution in [0.4, 0.5) is 10.5 Å². The van der Waals surface area contributed by atoms with Crippen LogP contribution in [0.25, 0.3) is 0 Å². The molecule has 0 bridgehead atoms. The Kier molecular flexibility index (Phi) is 6.94. The summed E-state index contributed by atoms with van der Waals surface area (Å²) in [7, 11) is 0. The summed E-state index contributed by atoms with van der Waals surface area (Å²) in [5, 5.41) is 3.49. The van der Waals surface area contributed by atoms with Crippen LogP contribution < -0.4 is 5.32 Å². The van der Waals surface area contributed by atoms with Gasteiger partial charge in [-0.2, -0.15) is 0 Å². The van der Waals surface area contributed by atoms with Gasteiger partial charge in [0, 0.05) is 49.2 Å². The molecule has 29 heavy (non-hydrogen) atoms. The number of hydrogen-bond acceptors (Lipinski definition) is 2. The van der Waals surface area contributed by atoms with Gasteiger partial charge in [-0.15, -0.1) is 6.58 Å². The fourth-order valence-corrected chi connectivity index (χ4v) is 3.57. The largest absolute Gasteiger partial charge is 0.339 e. The molecule has 3 amide bonds. The number of aryl methyl sites for hydroxylation is 1. The van der Waals surface area contributed by atoms with Gasteiger partial charge in [0.2, 0.25) is 5.91 Å². The van der Waals surface area contributed by atoms with E-state index in [1.54, 1.807) is 11.0 Å². The lowest BCUT2D eigenvalue weighted by Crippen LogP contribution is -2.51. The van der Waals surface area contributed by atoms with E-state index in [-0.39, 0.29) is 17.9 Å². The topological polar surface area (TPSA) is 52.7 Å². The van der Waals surface area contributed by atoms with Crippen molar-refractivity contribution < 1.29 is 9.59 Å². The van der Waals surface area contributed by atoms with Crippen LogP contribution in [0.5, 0.6) is 0 Å². The molecule has 1 saturated heterocycles. The molecule has 0 aliphatic carbocycles. The molecule has 1 heterocycles. The minimum absolute atomic E-state index is 0.00341. The average molecular weight is 412 g/mol. The van der Waals surface area contributed by atoms with Gasteiger partial charge in [-0.3, -0.25) is 4.79 Å². The summed E-state index contributed by atoms with van der Waals surface area (Å²) >= 11 is 6.12. The molecule has 3 rings (SSSR count). The Bertz CT molecular complexity index is 877. The van der Waals surface area contributed by atoms with Crippen molar-refractivity contribution in [3.8, 4) is 0 Å².